The van der Waals surface area contributed by atoms with Crippen LogP contribution in [-0.2, 0) is 6.61 Å². The van der Waals surface area contributed by atoms with Crippen molar-refractivity contribution < 1.29 is 27.5 Å². The van der Waals surface area contributed by atoms with E-state index in [2.05, 4.69) is 26.1 Å². The van der Waals surface area contributed by atoms with Crippen molar-refractivity contribution in [1.82, 2.24) is 10.1 Å². The number of thiophene rings is 1. The van der Waals surface area contributed by atoms with E-state index in [0.29, 0.717) is 46.7 Å². The minimum absolute atomic E-state index is 0.188. The van der Waals surface area contributed by atoms with E-state index in [9.17, 15) is 8.78 Å². The lowest BCUT2D eigenvalue weighted by molar-refractivity contribution is 0.287. The summed E-state index contributed by atoms with van der Waals surface area (Å²) in [7, 11) is 1.57. The van der Waals surface area contributed by atoms with Crippen LogP contribution in [0.3, 0.4) is 0 Å². The largest absolute Gasteiger partial charge is 0.493 e. The van der Waals surface area contributed by atoms with Gasteiger partial charge in [0.25, 0.3) is 5.89 Å². The fourth-order valence-electron chi connectivity index (χ4n) is 3.30. The summed E-state index contributed by atoms with van der Waals surface area (Å²) < 4.78 is 50.0. The van der Waals surface area contributed by atoms with Crippen LogP contribution in [0.15, 0.2) is 81.1 Å². The molecule has 0 saturated carbocycles. The zero-order chi connectivity index (χ0) is 25.1. The molecule has 5 rings (SSSR count). The van der Waals surface area contributed by atoms with Crippen molar-refractivity contribution in [2.24, 2.45) is 0 Å². The lowest BCUT2D eigenvalue weighted by atomic mass is 10.2. The van der Waals surface area contributed by atoms with E-state index in [1.807, 2.05) is 18.2 Å². The third-order valence-corrected chi connectivity index (χ3v) is 6.67. The maximum atomic E-state index is 13.4. The first-order valence-electron chi connectivity index (χ1n) is 10.6. The molecule has 0 aliphatic carbocycles. The Morgan fingerprint density at radius 2 is 1.64 bits per heavy atom. The minimum Gasteiger partial charge on any atom is -0.493 e. The lowest BCUT2D eigenvalue weighted by Crippen LogP contribution is -1.96. The lowest BCUT2D eigenvalue weighted by Gasteiger charge is -2.10. The second kappa shape index (κ2) is 10.5. The molecule has 0 amide bonds. The van der Waals surface area contributed by atoms with Crippen molar-refractivity contribution in [3.63, 3.8) is 0 Å². The van der Waals surface area contributed by atoms with Crippen molar-refractivity contribution in [2.45, 2.75) is 6.61 Å². The summed E-state index contributed by atoms with van der Waals surface area (Å²) in [4.78, 5) is 5.56. The molecule has 0 radical (unpaired) electrons. The Kier molecular flexibility index (Phi) is 6.97. The Morgan fingerprint density at radius 3 is 2.36 bits per heavy atom. The second-order valence-corrected chi connectivity index (χ2v) is 10.0. The molecule has 6 nitrogen and oxygen atoms in total. The normalized spacial score (nSPS) is 10.9. The highest BCUT2D eigenvalue weighted by Gasteiger charge is 2.15. The number of aromatic nitrogens is 2. The van der Waals surface area contributed by atoms with Crippen molar-refractivity contribution >= 4 is 27.3 Å². The first kappa shape index (κ1) is 24.0. The van der Waals surface area contributed by atoms with E-state index in [1.165, 1.54) is 6.07 Å². The van der Waals surface area contributed by atoms with Gasteiger partial charge in [0.1, 0.15) is 18.1 Å². The number of ether oxygens (including phenoxy) is 3. The summed E-state index contributed by atoms with van der Waals surface area (Å²) in [6, 6.07) is 19.5. The summed E-state index contributed by atoms with van der Waals surface area (Å²) in [5.74, 6) is 0.569. The van der Waals surface area contributed by atoms with Gasteiger partial charge < -0.3 is 18.7 Å². The van der Waals surface area contributed by atoms with E-state index in [4.69, 9.17) is 18.7 Å². The van der Waals surface area contributed by atoms with E-state index in [-0.39, 0.29) is 5.75 Å². The van der Waals surface area contributed by atoms with E-state index in [1.54, 1.807) is 54.8 Å². The van der Waals surface area contributed by atoms with Crippen LogP contribution in [0, 0.1) is 11.6 Å². The molecule has 0 aliphatic heterocycles. The highest BCUT2D eigenvalue weighted by atomic mass is 79.9. The number of hydrogen-bond acceptors (Lipinski definition) is 7. The Morgan fingerprint density at radius 1 is 0.861 bits per heavy atom. The SMILES string of the molecule is COc1cc(-c2nc(-c3ccc(Oc4ccc(F)c(F)c4)cc3)no2)ccc1OCc1ccc(Br)s1. The molecule has 182 valence electrons. The molecule has 0 saturated heterocycles. The van der Waals surface area contributed by atoms with Gasteiger partial charge in [-0.05, 0) is 82.7 Å². The maximum absolute atomic E-state index is 13.4. The van der Waals surface area contributed by atoms with Gasteiger partial charge in [-0.3, -0.25) is 0 Å². The molecule has 0 fully saturated rings. The molecule has 0 atom stereocenters. The molecule has 3 aromatic carbocycles. The van der Waals surface area contributed by atoms with Gasteiger partial charge in [-0.2, -0.15) is 4.98 Å². The molecule has 0 unspecified atom stereocenters. The summed E-state index contributed by atoms with van der Waals surface area (Å²) in [6.45, 7) is 0.423. The highest BCUT2D eigenvalue weighted by Crippen LogP contribution is 2.34. The van der Waals surface area contributed by atoms with Gasteiger partial charge in [0.2, 0.25) is 5.82 Å². The van der Waals surface area contributed by atoms with Crippen LogP contribution in [0.1, 0.15) is 4.88 Å². The fourth-order valence-corrected chi connectivity index (χ4v) is 4.70. The van der Waals surface area contributed by atoms with Crippen LogP contribution < -0.4 is 14.2 Å². The van der Waals surface area contributed by atoms with Crippen LogP contribution in [0.4, 0.5) is 8.78 Å². The number of methoxy groups -OCH3 is 1. The molecule has 36 heavy (non-hydrogen) atoms. The summed E-state index contributed by atoms with van der Waals surface area (Å²) in [6.07, 6.45) is 0. The average molecular weight is 571 g/mol. The Bertz CT molecular complexity index is 1500. The predicted molar refractivity (Wildman–Crippen MR) is 135 cm³/mol. The number of benzene rings is 3. The quantitative estimate of drug-likeness (QED) is 0.189. The fraction of sp³-hybridized carbons (Fsp3) is 0.0769. The predicted octanol–water partition coefficient (Wildman–Crippen LogP) is 7.89. The van der Waals surface area contributed by atoms with Gasteiger partial charge in [0.15, 0.2) is 23.1 Å². The first-order valence-corrected chi connectivity index (χ1v) is 12.2. The molecule has 0 bridgehead atoms. The zero-order valence-corrected chi connectivity index (χ0v) is 21.1. The zero-order valence-electron chi connectivity index (χ0n) is 18.7. The second-order valence-electron chi connectivity index (χ2n) is 7.49. The Balaban J connectivity index is 1.29. The number of hydrogen-bond donors (Lipinski definition) is 0. The molecule has 10 heteroatoms. The van der Waals surface area contributed by atoms with Crippen LogP contribution >= 0.6 is 27.3 Å². The average Bonchev–Trinajstić information content (AvgIpc) is 3.55. The van der Waals surface area contributed by atoms with Gasteiger partial charge in [-0.25, -0.2) is 8.78 Å². The topological polar surface area (TPSA) is 66.6 Å². The van der Waals surface area contributed by atoms with Crippen molar-refractivity contribution in [3.05, 3.63) is 93.1 Å². The molecular weight excluding hydrogens is 554 g/mol. The smallest absolute Gasteiger partial charge is 0.258 e. The molecule has 2 heterocycles. The molecule has 0 spiro atoms. The van der Waals surface area contributed by atoms with Crippen LogP contribution in [0.2, 0.25) is 0 Å². The van der Waals surface area contributed by atoms with Gasteiger partial charge >= 0.3 is 0 Å². The first-order chi connectivity index (χ1) is 17.5. The monoisotopic (exact) mass is 570 g/mol. The van der Waals surface area contributed by atoms with Gasteiger partial charge in [-0.15, -0.1) is 11.3 Å². The van der Waals surface area contributed by atoms with Crippen LogP contribution in [0.25, 0.3) is 22.8 Å². The van der Waals surface area contributed by atoms with Gasteiger partial charge in [0.05, 0.1) is 10.9 Å². The third kappa shape index (κ3) is 5.39. The van der Waals surface area contributed by atoms with Gasteiger partial charge in [0, 0.05) is 22.1 Å². The number of rotatable bonds is 8. The number of nitrogens with zero attached hydrogens (tertiary/aromatic N) is 2. The minimum atomic E-state index is -0.976. The molecule has 0 N–H and O–H groups in total. The summed E-state index contributed by atoms with van der Waals surface area (Å²) in [5, 5.41) is 4.06. The maximum Gasteiger partial charge on any atom is 0.258 e. The Hall–Kier alpha value is -3.76. The highest BCUT2D eigenvalue weighted by molar-refractivity contribution is 9.11. The van der Waals surface area contributed by atoms with E-state index < -0.39 is 11.6 Å². The number of halogens is 3. The molecule has 2 aromatic heterocycles. The standard InChI is InChI=1S/C26H17BrF2N2O4S/c1-32-23-12-16(4-10-22(23)33-14-19-8-11-24(27)36-19)26-30-25(31-35-26)15-2-5-17(6-3-15)34-18-7-9-20(28)21(29)13-18/h2-13H,14H2,1H3. The molecule has 5 aromatic rings. The van der Waals surface area contributed by atoms with Crippen molar-refractivity contribution in [1.29, 1.82) is 0 Å². The van der Waals surface area contributed by atoms with Crippen LogP contribution in [0.5, 0.6) is 23.0 Å². The molecular formula is C26H17BrF2N2O4S. The summed E-state index contributed by atoms with van der Waals surface area (Å²) in [5.41, 5.74) is 1.37. The van der Waals surface area contributed by atoms with Crippen molar-refractivity contribution in [2.75, 3.05) is 7.11 Å². The van der Waals surface area contributed by atoms with E-state index >= 15 is 0 Å². The Labute approximate surface area is 217 Å². The summed E-state index contributed by atoms with van der Waals surface area (Å²) >= 11 is 5.05. The van der Waals surface area contributed by atoms with E-state index in [0.717, 1.165) is 20.8 Å². The van der Waals surface area contributed by atoms with Crippen molar-refractivity contribution in [3.8, 4) is 45.8 Å². The van der Waals surface area contributed by atoms with Crippen LogP contribution in [-0.4, -0.2) is 17.3 Å². The third-order valence-electron chi connectivity index (χ3n) is 5.07. The van der Waals surface area contributed by atoms with Gasteiger partial charge in [-0.1, -0.05) is 5.16 Å². The molecule has 0 aliphatic rings.